The molecule has 0 atom stereocenters. The highest BCUT2D eigenvalue weighted by molar-refractivity contribution is 9.09. The second-order valence-electron chi connectivity index (χ2n) is 2.09. The van der Waals surface area contributed by atoms with Crippen LogP contribution in [0.1, 0.15) is 5.56 Å². The van der Waals surface area contributed by atoms with E-state index in [-0.39, 0.29) is 0 Å². The van der Waals surface area contributed by atoms with Crippen LogP contribution in [0.2, 0.25) is 5.02 Å². The minimum Gasteiger partial charge on any atom is -0.263 e. The first-order chi connectivity index (χ1) is 5.25. The topological polar surface area (TPSA) is 12.9 Å². The van der Waals surface area contributed by atoms with Gasteiger partial charge in [-0.3, -0.25) is 4.98 Å². The summed E-state index contributed by atoms with van der Waals surface area (Å²) in [5.41, 5.74) is 1.93. The number of pyridine rings is 1. The zero-order valence-corrected chi connectivity index (χ0v) is 8.19. The lowest BCUT2D eigenvalue weighted by molar-refractivity contribution is 1.31. The first-order valence-electron chi connectivity index (χ1n) is 3.09. The third kappa shape index (κ3) is 2.04. The summed E-state index contributed by atoms with van der Waals surface area (Å²) in [6.45, 7) is 3.85. The predicted molar refractivity (Wildman–Crippen MR) is 52.1 cm³/mol. The van der Waals surface area contributed by atoms with E-state index in [1.54, 1.807) is 12.4 Å². The number of alkyl halides is 1. The fraction of sp³-hybridized carbons (Fsp3) is 0.125. The van der Waals surface area contributed by atoms with Gasteiger partial charge in [0.25, 0.3) is 0 Å². The van der Waals surface area contributed by atoms with Crippen molar-refractivity contribution in [1.82, 2.24) is 4.98 Å². The minimum atomic E-state index is 0.650. The third-order valence-corrected chi connectivity index (χ3v) is 2.29. The highest BCUT2D eigenvalue weighted by Crippen LogP contribution is 2.22. The minimum absolute atomic E-state index is 0.650. The summed E-state index contributed by atoms with van der Waals surface area (Å²) in [7, 11) is 0. The maximum absolute atomic E-state index is 5.85. The SMILES string of the molecule is C=C(CBr)c1ccncc1Cl. The van der Waals surface area contributed by atoms with E-state index >= 15 is 0 Å². The van der Waals surface area contributed by atoms with Gasteiger partial charge in [0, 0.05) is 17.7 Å². The lowest BCUT2D eigenvalue weighted by Gasteiger charge is -2.02. The van der Waals surface area contributed by atoms with Gasteiger partial charge in [0.2, 0.25) is 0 Å². The van der Waals surface area contributed by atoms with Gasteiger partial charge in [-0.15, -0.1) is 0 Å². The molecule has 1 rings (SSSR count). The molecule has 1 heterocycles. The normalized spacial score (nSPS) is 9.64. The van der Waals surface area contributed by atoms with Gasteiger partial charge in [0.05, 0.1) is 5.02 Å². The number of hydrogen-bond acceptors (Lipinski definition) is 1. The molecular weight excluding hydrogens is 225 g/mol. The van der Waals surface area contributed by atoms with Crippen LogP contribution in [0.3, 0.4) is 0 Å². The van der Waals surface area contributed by atoms with Gasteiger partial charge in [0.15, 0.2) is 0 Å². The Labute approximate surface area is 79.2 Å². The zero-order valence-electron chi connectivity index (χ0n) is 5.85. The summed E-state index contributed by atoms with van der Waals surface area (Å²) in [6, 6.07) is 1.85. The van der Waals surface area contributed by atoms with E-state index in [0.29, 0.717) is 5.02 Å². The van der Waals surface area contributed by atoms with Crippen molar-refractivity contribution < 1.29 is 0 Å². The van der Waals surface area contributed by atoms with Crippen molar-refractivity contribution in [1.29, 1.82) is 0 Å². The van der Waals surface area contributed by atoms with Crippen LogP contribution in [-0.4, -0.2) is 10.3 Å². The molecule has 0 aliphatic carbocycles. The largest absolute Gasteiger partial charge is 0.263 e. The lowest BCUT2D eigenvalue weighted by Crippen LogP contribution is -1.85. The number of aromatic nitrogens is 1. The molecule has 0 unspecified atom stereocenters. The Morgan fingerprint density at radius 3 is 3.00 bits per heavy atom. The summed E-state index contributed by atoms with van der Waals surface area (Å²) in [6.07, 6.45) is 3.32. The van der Waals surface area contributed by atoms with Crippen LogP contribution in [0.5, 0.6) is 0 Å². The lowest BCUT2D eigenvalue weighted by atomic mass is 10.1. The molecule has 58 valence electrons. The smallest absolute Gasteiger partial charge is 0.0664 e. The molecule has 0 N–H and O–H groups in total. The van der Waals surface area contributed by atoms with Crippen LogP contribution >= 0.6 is 27.5 Å². The highest BCUT2D eigenvalue weighted by atomic mass is 79.9. The molecule has 0 fully saturated rings. The summed E-state index contributed by atoms with van der Waals surface area (Å²) < 4.78 is 0. The van der Waals surface area contributed by atoms with E-state index in [1.165, 1.54) is 0 Å². The molecule has 0 saturated heterocycles. The molecule has 1 aromatic heterocycles. The molecule has 0 spiro atoms. The second-order valence-corrected chi connectivity index (χ2v) is 3.06. The van der Waals surface area contributed by atoms with E-state index < -0.39 is 0 Å². The standard InChI is InChI=1S/C8H7BrClN/c1-6(4-9)7-2-3-11-5-8(7)10/h2-3,5H,1,4H2. The monoisotopic (exact) mass is 231 g/mol. The Hall–Kier alpha value is -0.340. The predicted octanol–water partition coefficient (Wildman–Crippen LogP) is 3.14. The fourth-order valence-electron chi connectivity index (χ4n) is 0.734. The number of hydrogen-bond donors (Lipinski definition) is 0. The van der Waals surface area contributed by atoms with Crippen molar-refractivity contribution in [2.45, 2.75) is 0 Å². The summed E-state index contributed by atoms with van der Waals surface area (Å²) >= 11 is 9.16. The second kappa shape index (κ2) is 3.88. The maximum atomic E-state index is 5.85. The van der Waals surface area contributed by atoms with Gasteiger partial charge < -0.3 is 0 Å². The number of nitrogens with zero attached hydrogens (tertiary/aromatic N) is 1. The van der Waals surface area contributed by atoms with Crippen molar-refractivity contribution >= 4 is 33.1 Å². The first-order valence-corrected chi connectivity index (χ1v) is 4.59. The quantitative estimate of drug-likeness (QED) is 0.714. The van der Waals surface area contributed by atoms with E-state index in [0.717, 1.165) is 16.5 Å². The van der Waals surface area contributed by atoms with Crippen molar-refractivity contribution in [2.75, 3.05) is 5.33 Å². The van der Waals surface area contributed by atoms with Crippen molar-refractivity contribution in [3.8, 4) is 0 Å². The van der Waals surface area contributed by atoms with Crippen LogP contribution in [0.25, 0.3) is 5.57 Å². The Bertz CT molecular complexity index is 273. The molecule has 0 saturated carbocycles. The van der Waals surface area contributed by atoms with Gasteiger partial charge in [-0.05, 0) is 17.2 Å². The Morgan fingerprint density at radius 2 is 2.45 bits per heavy atom. The van der Waals surface area contributed by atoms with Crippen molar-refractivity contribution in [2.24, 2.45) is 0 Å². The van der Waals surface area contributed by atoms with Crippen LogP contribution in [-0.2, 0) is 0 Å². The average Bonchev–Trinajstić information content (AvgIpc) is 2.04. The Morgan fingerprint density at radius 1 is 1.73 bits per heavy atom. The molecular formula is C8H7BrClN. The Kier molecular flexibility index (Phi) is 3.09. The van der Waals surface area contributed by atoms with Crippen LogP contribution in [0.4, 0.5) is 0 Å². The molecule has 0 bridgehead atoms. The van der Waals surface area contributed by atoms with Gasteiger partial charge in [0.1, 0.15) is 0 Å². The van der Waals surface area contributed by atoms with Gasteiger partial charge in [-0.1, -0.05) is 34.1 Å². The van der Waals surface area contributed by atoms with Crippen LogP contribution in [0, 0.1) is 0 Å². The van der Waals surface area contributed by atoms with Crippen molar-refractivity contribution in [3.05, 3.63) is 35.6 Å². The Balaban J connectivity index is 3.03. The molecule has 3 heteroatoms. The molecule has 0 aliphatic heterocycles. The third-order valence-electron chi connectivity index (χ3n) is 1.31. The number of allylic oxidation sites excluding steroid dienone is 1. The summed E-state index contributed by atoms with van der Waals surface area (Å²) in [4.78, 5) is 3.87. The van der Waals surface area contributed by atoms with Crippen LogP contribution < -0.4 is 0 Å². The highest BCUT2D eigenvalue weighted by Gasteiger charge is 2.01. The average molecular weight is 233 g/mol. The first kappa shape index (κ1) is 8.75. The van der Waals surface area contributed by atoms with Gasteiger partial charge in [-0.2, -0.15) is 0 Å². The maximum Gasteiger partial charge on any atom is 0.0664 e. The molecule has 0 amide bonds. The zero-order chi connectivity index (χ0) is 8.27. The molecule has 1 nitrogen and oxygen atoms in total. The van der Waals surface area contributed by atoms with Crippen LogP contribution in [0.15, 0.2) is 25.0 Å². The van der Waals surface area contributed by atoms with Gasteiger partial charge >= 0.3 is 0 Å². The molecule has 11 heavy (non-hydrogen) atoms. The summed E-state index contributed by atoms with van der Waals surface area (Å²) in [5, 5.41) is 1.38. The van der Waals surface area contributed by atoms with E-state index in [9.17, 15) is 0 Å². The molecule has 1 aromatic rings. The number of halogens is 2. The molecule has 0 radical (unpaired) electrons. The van der Waals surface area contributed by atoms with Gasteiger partial charge in [-0.25, -0.2) is 0 Å². The molecule has 0 aliphatic rings. The van der Waals surface area contributed by atoms with E-state index in [2.05, 4.69) is 27.5 Å². The van der Waals surface area contributed by atoms with E-state index in [4.69, 9.17) is 11.6 Å². The van der Waals surface area contributed by atoms with E-state index in [1.807, 2.05) is 6.07 Å². The number of rotatable bonds is 2. The fourth-order valence-corrected chi connectivity index (χ4v) is 1.29. The summed E-state index contributed by atoms with van der Waals surface area (Å²) in [5.74, 6) is 0. The van der Waals surface area contributed by atoms with Crippen molar-refractivity contribution in [3.63, 3.8) is 0 Å². The molecule has 0 aromatic carbocycles.